The molecule has 1 aromatic heterocycles. The summed E-state index contributed by atoms with van der Waals surface area (Å²) in [4.78, 5) is 51.2. The Morgan fingerprint density at radius 1 is 0.925 bits per heavy atom. The van der Waals surface area contributed by atoms with E-state index in [4.69, 9.17) is 14.6 Å². The van der Waals surface area contributed by atoms with Gasteiger partial charge in [0.25, 0.3) is 0 Å². The number of benzene rings is 1. The van der Waals surface area contributed by atoms with Crippen molar-refractivity contribution in [2.24, 2.45) is 0 Å². The van der Waals surface area contributed by atoms with Gasteiger partial charge in [0.1, 0.15) is 0 Å². The van der Waals surface area contributed by atoms with Gasteiger partial charge in [-0.15, -0.1) is 23.7 Å². The summed E-state index contributed by atoms with van der Waals surface area (Å²) in [5, 5.41) is 21.7. The maximum absolute atomic E-state index is 13.7. The zero-order valence-corrected chi connectivity index (χ0v) is 24.6. The van der Waals surface area contributed by atoms with Crippen LogP contribution in [-0.4, -0.2) is 53.5 Å². The molecule has 3 rings (SSSR count). The number of rotatable bonds is 17. The molecular formula is C29H38ClNO8S. The zero-order valence-electron chi connectivity index (χ0n) is 23.0. The number of carboxylic acid groups (broad SMARTS) is 2. The number of ketones is 2. The Labute approximate surface area is 244 Å². The van der Waals surface area contributed by atoms with Gasteiger partial charge in [0, 0.05) is 41.9 Å². The number of ether oxygens (including phenoxy) is 2. The Balaban J connectivity index is 0.00000560. The molecule has 0 fully saturated rings. The van der Waals surface area contributed by atoms with Crippen molar-refractivity contribution in [2.45, 2.75) is 78.2 Å². The number of thiophene rings is 1. The van der Waals surface area contributed by atoms with E-state index < -0.39 is 25.2 Å². The predicted molar refractivity (Wildman–Crippen MR) is 155 cm³/mol. The summed E-state index contributed by atoms with van der Waals surface area (Å²) in [5.41, 5.74) is 2.78. The Kier molecular flexibility index (Phi) is 13.6. The van der Waals surface area contributed by atoms with Crippen LogP contribution in [0.5, 0.6) is 11.5 Å². The van der Waals surface area contributed by atoms with E-state index in [2.05, 4.69) is 5.32 Å². The number of unbranched alkanes of at least 4 members (excludes halogenated alkanes) is 2. The number of carbonyl (C=O) groups excluding carboxylic acids is 2. The first kappa shape index (κ1) is 33.3. The topological polar surface area (TPSA) is 139 Å². The molecule has 0 saturated heterocycles. The Bertz CT molecular complexity index is 1190. The number of halogens is 1. The smallest absolute Gasteiger partial charge is 0.341 e. The number of nitrogens with one attached hydrogen (secondary N) is 1. The van der Waals surface area contributed by atoms with E-state index in [-0.39, 0.29) is 48.3 Å². The molecule has 2 heterocycles. The molecule has 11 heteroatoms. The average Bonchev–Trinajstić information content (AvgIpc) is 3.35. The molecule has 9 nitrogen and oxygen atoms in total. The van der Waals surface area contributed by atoms with Gasteiger partial charge in [0.15, 0.2) is 36.3 Å². The highest BCUT2D eigenvalue weighted by Crippen LogP contribution is 2.39. The standard InChI is InChI=1S/C29H37NO8S.ClH/c1-3-5-7-18-13-23(37-16-26(33)34)29(38-17-27(35)36)20(8-6-4-2)28(18)22(32)10-9-21(31)25-14-19-15-30-12-11-24(19)39-25;/h13-14,30H,3-12,15-17H2,1-2H3,(H,33,34)(H,35,36);1H. The molecule has 0 spiro atoms. The SMILES string of the molecule is CCCCc1cc(OCC(=O)O)c(OCC(=O)O)c(CCCC)c1C(=O)CCC(=O)c1cc2c(s1)CCNC2.Cl. The minimum absolute atomic E-state index is 0. The second kappa shape index (κ2) is 16.3. The van der Waals surface area contributed by atoms with Gasteiger partial charge in [-0.25, -0.2) is 9.59 Å². The van der Waals surface area contributed by atoms with E-state index >= 15 is 0 Å². The predicted octanol–water partition coefficient (Wildman–Crippen LogP) is 5.27. The van der Waals surface area contributed by atoms with Gasteiger partial charge in [-0.1, -0.05) is 26.7 Å². The summed E-state index contributed by atoms with van der Waals surface area (Å²) in [6.45, 7) is 4.36. The molecule has 1 aromatic carbocycles. The van der Waals surface area contributed by atoms with Crippen molar-refractivity contribution in [3.05, 3.63) is 44.1 Å². The second-order valence-corrected chi connectivity index (χ2v) is 10.8. The van der Waals surface area contributed by atoms with Crippen molar-refractivity contribution in [3.8, 4) is 11.5 Å². The first-order chi connectivity index (χ1) is 18.7. The van der Waals surface area contributed by atoms with Gasteiger partial charge >= 0.3 is 11.9 Å². The first-order valence-corrected chi connectivity index (χ1v) is 14.3. The minimum atomic E-state index is -1.21. The number of hydrogen-bond acceptors (Lipinski definition) is 8. The molecule has 0 unspecified atom stereocenters. The van der Waals surface area contributed by atoms with Crippen molar-refractivity contribution in [3.63, 3.8) is 0 Å². The van der Waals surface area contributed by atoms with Crippen LogP contribution in [0.3, 0.4) is 0 Å². The number of carboxylic acids is 2. The Hall–Kier alpha value is -2.95. The van der Waals surface area contributed by atoms with Crippen molar-refractivity contribution < 1.29 is 38.9 Å². The highest BCUT2D eigenvalue weighted by Gasteiger charge is 2.26. The molecule has 3 N–H and O–H groups in total. The van der Waals surface area contributed by atoms with Crippen LogP contribution in [0.15, 0.2) is 12.1 Å². The largest absolute Gasteiger partial charge is 0.479 e. The second-order valence-electron chi connectivity index (χ2n) is 9.62. The van der Waals surface area contributed by atoms with Crippen LogP contribution in [0.25, 0.3) is 0 Å². The molecule has 1 aliphatic heterocycles. The molecule has 0 aliphatic carbocycles. The third-order valence-electron chi connectivity index (χ3n) is 6.57. The van der Waals surface area contributed by atoms with Gasteiger partial charge in [-0.05, 0) is 55.4 Å². The van der Waals surface area contributed by atoms with Crippen molar-refractivity contribution in [1.29, 1.82) is 0 Å². The third kappa shape index (κ3) is 9.04. The van der Waals surface area contributed by atoms with Crippen LogP contribution >= 0.6 is 23.7 Å². The highest BCUT2D eigenvalue weighted by molar-refractivity contribution is 7.14. The molecule has 0 radical (unpaired) electrons. The van der Waals surface area contributed by atoms with Crippen LogP contribution in [0.2, 0.25) is 0 Å². The summed E-state index contributed by atoms with van der Waals surface area (Å²) in [6.07, 6.45) is 5.11. The Morgan fingerprint density at radius 2 is 1.57 bits per heavy atom. The van der Waals surface area contributed by atoms with E-state index in [1.54, 1.807) is 6.07 Å². The lowest BCUT2D eigenvalue weighted by atomic mass is 9.88. The summed E-state index contributed by atoms with van der Waals surface area (Å²) in [7, 11) is 0. The fourth-order valence-corrected chi connectivity index (χ4v) is 5.81. The fraction of sp³-hybridized carbons (Fsp3) is 0.517. The first-order valence-electron chi connectivity index (χ1n) is 13.5. The van der Waals surface area contributed by atoms with E-state index in [0.29, 0.717) is 40.8 Å². The van der Waals surface area contributed by atoms with Gasteiger partial charge in [-0.2, -0.15) is 0 Å². The zero-order chi connectivity index (χ0) is 28.4. The third-order valence-corrected chi connectivity index (χ3v) is 7.85. The lowest BCUT2D eigenvalue weighted by Gasteiger charge is -2.21. The fourth-order valence-electron chi connectivity index (χ4n) is 4.66. The van der Waals surface area contributed by atoms with Crippen LogP contribution < -0.4 is 14.8 Å². The normalized spacial score (nSPS) is 12.2. The molecule has 0 amide bonds. The monoisotopic (exact) mass is 595 g/mol. The molecule has 220 valence electrons. The van der Waals surface area contributed by atoms with Gasteiger partial charge < -0.3 is 25.0 Å². The lowest BCUT2D eigenvalue weighted by Crippen LogP contribution is -2.21. The highest BCUT2D eigenvalue weighted by atomic mass is 35.5. The van der Waals surface area contributed by atoms with Gasteiger partial charge in [0.05, 0.1) is 4.88 Å². The van der Waals surface area contributed by atoms with E-state index in [1.807, 2.05) is 19.9 Å². The van der Waals surface area contributed by atoms with Crippen molar-refractivity contribution in [2.75, 3.05) is 19.8 Å². The molecule has 0 atom stereocenters. The summed E-state index contributed by atoms with van der Waals surface area (Å²) >= 11 is 1.50. The molecular weight excluding hydrogens is 558 g/mol. The lowest BCUT2D eigenvalue weighted by molar-refractivity contribution is -0.140. The quantitative estimate of drug-likeness (QED) is 0.209. The van der Waals surface area contributed by atoms with E-state index in [1.165, 1.54) is 16.2 Å². The van der Waals surface area contributed by atoms with Crippen molar-refractivity contribution in [1.82, 2.24) is 5.32 Å². The van der Waals surface area contributed by atoms with E-state index in [9.17, 15) is 24.3 Å². The molecule has 0 bridgehead atoms. The number of fused-ring (bicyclic) bond motifs is 1. The van der Waals surface area contributed by atoms with Crippen LogP contribution in [0, 0.1) is 0 Å². The van der Waals surface area contributed by atoms with Crippen molar-refractivity contribution >= 4 is 47.2 Å². The van der Waals surface area contributed by atoms with Gasteiger partial charge in [-0.3, -0.25) is 9.59 Å². The van der Waals surface area contributed by atoms with Gasteiger partial charge in [0.2, 0.25) is 0 Å². The number of carbonyl (C=O) groups is 4. The van der Waals surface area contributed by atoms with Crippen LogP contribution in [0.4, 0.5) is 0 Å². The number of aryl methyl sites for hydroxylation is 1. The number of aliphatic carboxylic acids is 2. The summed E-state index contributed by atoms with van der Waals surface area (Å²) in [6, 6.07) is 3.52. The maximum atomic E-state index is 13.7. The number of Topliss-reactive ketones (excluding diaryl/α,β-unsaturated/α-hetero) is 2. The molecule has 1 aliphatic rings. The molecule has 2 aromatic rings. The summed E-state index contributed by atoms with van der Waals surface area (Å²) in [5.74, 6) is -2.48. The maximum Gasteiger partial charge on any atom is 0.341 e. The van der Waals surface area contributed by atoms with Crippen LogP contribution in [0.1, 0.15) is 94.0 Å². The molecule has 0 saturated carbocycles. The average molecular weight is 596 g/mol. The molecule has 40 heavy (non-hydrogen) atoms. The minimum Gasteiger partial charge on any atom is -0.479 e. The van der Waals surface area contributed by atoms with Crippen LogP contribution in [-0.2, 0) is 35.4 Å². The van der Waals surface area contributed by atoms with E-state index in [0.717, 1.165) is 44.3 Å². The number of hydrogen-bond donors (Lipinski definition) is 3. The summed E-state index contributed by atoms with van der Waals surface area (Å²) < 4.78 is 11.1. The Morgan fingerprint density at radius 3 is 2.23 bits per heavy atom.